The molecule has 1 saturated carbocycles. The number of likely N-dealkylation sites (tertiary alicyclic amines) is 1. The van der Waals surface area contributed by atoms with Crippen molar-refractivity contribution in [2.45, 2.75) is 77.0 Å². The van der Waals surface area contributed by atoms with Crippen LogP contribution in [0.3, 0.4) is 0 Å². The average molecular weight is 402 g/mol. The number of halogens is 1. The third-order valence-electron chi connectivity index (χ3n) is 6.59. The van der Waals surface area contributed by atoms with Crippen LogP contribution in [0.2, 0.25) is 0 Å². The molecule has 2 fully saturated rings. The number of unbranched alkanes of at least 4 members (excludes halogenated alkanes) is 2. The summed E-state index contributed by atoms with van der Waals surface area (Å²) in [5, 5.41) is 0. The molecule has 160 valence electrons. The number of carbonyl (C=O) groups is 1. The van der Waals surface area contributed by atoms with Crippen LogP contribution in [0.1, 0.15) is 82.6 Å². The molecule has 4 heteroatoms. The maximum Gasteiger partial charge on any atom is 0.340 e. The number of nitrogens with zero attached hydrogens (tertiary/aromatic N) is 1. The molecule has 0 atom stereocenters. The highest BCUT2D eigenvalue weighted by Gasteiger charge is 2.25. The lowest BCUT2D eigenvalue weighted by atomic mass is 9.77. The van der Waals surface area contributed by atoms with Gasteiger partial charge >= 0.3 is 5.97 Å². The molecule has 1 aliphatic heterocycles. The number of rotatable bonds is 9. The van der Waals surface area contributed by atoms with Crippen LogP contribution in [0.15, 0.2) is 30.4 Å². The second-order valence-electron chi connectivity index (χ2n) is 8.87. The lowest BCUT2D eigenvalue weighted by Gasteiger charge is -2.29. The fourth-order valence-electron chi connectivity index (χ4n) is 4.80. The van der Waals surface area contributed by atoms with Crippen molar-refractivity contribution in [3.8, 4) is 5.75 Å². The van der Waals surface area contributed by atoms with Crippen molar-refractivity contribution in [3.63, 3.8) is 0 Å². The van der Waals surface area contributed by atoms with E-state index >= 15 is 0 Å². The van der Waals surface area contributed by atoms with Crippen molar-refractivity contribution in [1.82, 2.24) is 4.90 Å². The molecule has 0 amide bonds. The first-order chi connectivity index (χ1) is 14.1. The maximum atomic E-state index is 14.7. The molecule has 0 aromatic heterocycles. The van der Waals surface area contributed by atoms with Crippen LogP contribution in [0, 0.1) is 11.7 Å². The fourth-order valence-corrected chi connectivity index (χ4v) is 4.80. The fraction of sp³-hybridized carbons (Fsp3) is 0.640. The summed E-state index contributed by atoms with van der Waals surface area (Å²) in [6.07, 6.45) is 12.1. The summed E-state index contributed by atoms with van der Waals surface area (Å²) in [6.45, 7) is 8.61. The molecule has 2 aliphatic rings. The number of ether oxygens (including phenoxy) is 1. The van der Waals surface area contributed by atoms with Gasteiger partial charge in [0.25, 0.3) is 0 Å². The molecule has 1 aliphatic carbocycles. The Morgan fingerprint density at radius 1 is 1.17 bits per heavy atom. The zero-order chi connectivity index (χ0) is 20.6. The Labute approximate surface area is 175 Å². The molecular formula is C25H36FNO2. The van der Waals surface area contributed by atoms with Gasteiger partial charge in [-0.1, -0.05) is 45.3 Å². The Hall–Kier alpha value is -1.68. The van der Waals surface area contributed by atoms with Crippen LogP contribution in [-0.2, 0) is 4.79 Å². The quantitative estimate of drug-likeness (QED) is 0.212. The Morgan fingerprint density at radius 2 is 1.90 bits per heavy atom. The zero-order valence-corrected chi connectivity index (χ0v) is 17.9. The van der Waals surface area contributed by atoms with Crippen LogP contribution in [-0.4, -0.2) is 30.5 Å². The highest BCUT2D eigenvalue weighted by Crippen LogP contribution is 2.39. The van der Waals surface area contributed by atoms with Crippen LogP contribution >= 0.6 is 0 Å². The van der Waals surface area contributed by atoms with E-state index in [-0.39, 0.29) is 17.5 Å². The number of esters is 1. The van der Waals surface area contributed by atoms with Crippen molar-refractivity contribution in [3.05, 3.63) is 41.7 Å². The molecule has 0 unspecified atom stereocenters. The third kappa shape index (κ3) is 6.40. The zero-order valence-electron chi connectivity index (χ0n) is 17.9. The molecule has 0 radical (unpaired) electrons. The first-order valence-corrected chi connectivity index (χ1v) is 11.5. The third-order valence-corrected chi connectivity index (χ3v) is 6.59. The van der Waals surface area contributed by atoms with Crippen molar-refractivity contribution in [2.75, 3.05) is 19.6 Å². The first-order valence-electron chi connectivity index (χ1n) is 11.5. The highest BCUT2D eigenvalue weighted by molar-refractivity contribution is 5.89. The molecule has 0 N–H and O–H groups in total. The van der Waals surface area contributed by atoms with Gasteiger partial charge in [0.1, 0.15) is 11.6 Å². The minimum atomic E-state index is -0.461. The van der Waals surface area contributed by atoms with E-state index in [1.165, 1.54) is 44.6 Å². The van der Waals surface area contributed by atoms with Gasteiger partial charge in [-0.3, -0.25) is 4.90 Å². The summed E-state index contributed by atoms with van der Waals surface area (Å²) >= 11 is 0. The lowest BCUT2D eigenvalue weighted by molar-refractivity contribution is -0.130. The number of hydrogen-bond acceptors (Lipinski definition) is 3. The molecular weight excluding hydrogens is 365 g/mol. The summed E-state index contributed by atoms with van der Waals surface area (Å²) in [5.41, 5.74) is 1.20. The maximum absolute atomic E-state index is 14.7. The van der Waals surface area contributed by atoms with Crippen molar-refractivity contribution < 1.29 is 13.9 Å². The SMILES string of the molecule is C=C(CN1CCCC1)C(=O)Oc1ccc(C2CCC(CCCCC)CC2)c(F)c1. The highest BCUT2D eigenvalue weighted by atomic mass is 19.1. The van der Waals surface area contributed by atoms with Gasteiger partial charge in [0, 0.05) is 18.2 Å². The summed E-state index contributed by atoms with van der Waals surface area (Å²) in [6, 6.07) is 4.90. The normalized spacial score (nSPS) is 22.6. The van der Waals surface area contributed by atoms with E-state index in [1.54, 1.807) is 6.07 Å². The van der Waals surface area contributed by atoms with Crippen LogP contribution in [0.25, 0.3) is 0 Å². The van der Waals surface area contributed by atoms with Crippen molar-refractivity contribution >= 4 is 5.97 Å². The summed E-state index contributed by atoms with van der Waals surface area (Å²) in [7, 11) is 0. The lowest BCUT2D eigenvalue weighted by Crippen LogP contribution is -2.26. The second-order valence-corrected chi connectivity index (χ2v) is 8.87. The van der Waals surface area contributed by atoms with Crippen LogP contribution < -0.4 is 4.74 Å². The number of benzene rings is 1. The Bertz CT molecular complexity index is 688. The van der Waals surface area contributed by atoms with Crippen molar-refractivity contribution in [2.24, 2.45) is 5.92 Å². The van der Waals surface area contributed by atoms with Gasteiger partial charge in [0.05, 0.1) is 0 Å². The van der Waals surface area contributed by atoms with Gasteiger partial charge in [-0.05, 0) is 75.1 Å². The Kier molecular flexibility index (Phi) is 8.29. The topological polar surface area (TPSA) is 29.5 Å². The van der Waals surface area contributed by atoms with Gasteiger partial charge < -0.3 is 4.74 Å². The summed E-state index contributed by atoms with van der Waals surface area (Å²) in [5.74, 6) is 0.647. The molecule has 1 saturated heterocycles. The molecule has 1 heterocycles. The predicted molar refractivity (Wildman–Crippen MR) is 116 cm³/mol. The molecule has 29 heavy (non-hydrogen) atoms. The van der Waals surface area contributed by atoms with E-state index in [9.17, 15) is 9.18 Å². The van der Waals surface area contributed by atoms with Crippen LogP contribution in [0.4, 0.5) is 4.39 Å². The Morgan fingerprint density at radius 3 is 2.55 bits per heavy atom. The van der Waals surface area contributed by atoms with E-state index in [2.05, 4.69) is 18.4 Å². The van der Waals surface area contributed by atoms with Gasteiger partial charge in [-0.15, -0.1) is 0 Å². The van der Waals surface area contributed by atoms with E-state index in [0.29, 0.717) is 12.1 Å². The van der Waals surface area contributed by atoms with Crippen molar-refractivity contribution in [1.29, 1.82) is 0 Å². The molecule has 0 bridgehead atoms. The number of hydrogen-bond donors (Lipinski definition) is 0. The van der Waals surface area contributed by atoms with Gasteiger partial charge in [0.2, 0.25) is 0 Å². The molecule has 3 rings (SSSR count). The van der Waals surface area contributed by atoms with E-state index in [0.717, 1.165) is 50.3 Å². The first kappa shape index (κ1) is 22.0. The minimum Gasteiger partial charge on any atom is -0.423 e. The summed E-state index contributed by atoms with van der Waals surface area (Å²) in [4.78, 5) is 14.5. The molecule has 3 nitrogen and oxygen atoms in total. The van der Waals surface area contributed by atoms with Gasteiger partial charge in [0.15, 0.2) is 0 Å². The van der Waals surface area contributed by atoms with E-state index in [4.69, 9.17) is 4.74 Å². The smallest absolute Gasteiger partial charge is 0.340 e. The minimum absolute atomic E-state index is 0.255. The van der Waals surface area contributed by atoms with E-state index in [1.807, 2.05) is 6.07 Å². The van der Waals surface area contributed by atoms with E-state index < -0.39 is 5.97 Å². The predicted octanol–water partition coefficient (Wildman–Crippen LogP) is 6.24. The average Bonchev–Trinajstić information content (AvgIpc) is 3.22. The second kappa shape index (κ2) is 10.9. The number of carbonyl (C=O) groups excluding carboxylic acids is 1. The Balaban J connectivity index is 1.49. The molecule has 1 aromatic carbocycles. The van der Waals surface area contributed by atoms with Gasteiger partial charge in [-0.25, -0.2) is 9.18 Å². The van der Waals surface area contributed by atoms with Crippen LogP contribution in [0.5, 0.6) is 5.75 Å². The largest absolute Gasteiger partial charge is 0.423 e. The molecule has 1 aromatic rings. The summed E-state index contributed by atoms with van der Waals surface area (Å²) < 4.78 is 20.1. The monoisotopic (exact) mass is 401 g/mol. The van der Waals surface area contributed by atoms with Gasteiger partial charge in [-0.2, -0.15) is 0 Å². The standard InChI is InChI=1S/C25H36FNO2/c1-3-4-5-8-20-9-11-21(12-10-20)23-14-13-22(17-24(23)26)29-25(28)19(2)18-27-15-6-7-16-27/h13-14,17,20-21H,2-12,15-16,18H2,1H3. The molecule has 0 spiro atoms.